The van der Waals surface area contributed by atoms with Gasteiger partial charge in [-0.15, -0.1) is 0 Å². The number of carbonyl (C=O) groups is 2. The summed E-state index contributed by atoms with van der Waals surface area (Å²) < 4.78 is 62.5. The van der Waals surface area contributed by atoms with E-state index >= 15 is 0 Å². The van der Waals surface area contributed by atoms with Crippen LogP contribution in [0, 0.1) is 11.6 Å². The Balaban J connectivity index is 3.32. The second kappa shape index (κ2) is 5.00. The van der Waals surface area contributed by atoms with Crippen LogP contribution in [0.25, 0.3) is 0 Å². The Hall–Kier alpha value is -1.90. The normalized spacial score (nSPS) is 11.3. The van der Waals surface area contributed by atoms with Gasteiger partial charge in [0.2, 0.25) is 0 Å². The Kier molecular flexibility index (Phi) is 3.99. The molecule has 1 aromatic rings. The topological polar surface area (TPSA) is 66.4 Å². The van der Waals surface area contributed by atoms with Crippen molar-refractivity contribution >= 4 is 29.2 Å². The lowest BCUT2D eigenvalue weighted by Gasteiger charge is -2.11. The zero-order valence-corrected chi connectivity index (χ0v) is 9.36. The van der Waals surface area contributed by atoms with Gasteiger partial charge in [0.1, 0.15) is 5.56 Å². The molecule has 0 saturated heterocycles. The lowest BCUT2D eigenvalue weighted by atomic mass is 10.1. The number of halogens is 6. The molecule has 1 aromatic carbocycles. The lowest BCUT2D eigenvalue weighted by Crippen LogP contribution is -2.30. The Morgan fingerprint density at radius 2 is 1.74 bits per heavy atom. The zero-order valence-electron chi connectivity index (χ0n) is 8.61. The van der Waals surface area contributed by atoms with Crippen molar-refractivity contribution in [3.05, 3.63) is 28.3 Å². The molecule has 2 N–H and O–H groups in total. The summed E-state index contributed by atoms with van der Waals surface area (Å²) in [6.45, 7) is 0. The van der Waals surface area contributed by atoms with Crippen LogP contribution >= 0.6 is 11.6 Å². The molecular formula is C9H3ClF5NO3. The largest absolute Gasteiger partial charge is 0.477 e. The summed E-state index contributed by atoms with van der Waals surface area (Å²) in [6, 6.07) is 0.336. The molecule has 0 bridgehead atoms. The SMILES string of the molecule is O=C(O)c1c(F)c(Cl)cc(NC(=O)C(F)(F)F)c1F. The molecule has 0 saturated carbocycles. The van der Waals surface area contributed by atoms with Crippen molar-refractivity contribution < 1.29 is 36.6 Å². The van der Waals surface area contributed by atoms with Gasteiger partial charge in [-0.3, -0.25) is 4.79 Å². The molecule has 0 atom stereocenters. The Morgan fingerprint density at radius 1 is 1.21 bits per heavy atom. The van der Waals surface area contributed by atoms with Crippen molar-refractivity contribution in [1.29, 1.82) is 0 Å². The third-order valence-corrected chi connectivity index (χ3v) is 2.15. The average Bonchev–Trinajstić information content (AvgIpc) is 2.24. The highest BCUT2D eigenvalue weighted by atomic mass is 35.5. The van der Waals surface area contributed by atoms with Gasteiger partial charge in [0.05, 0.1) is 10.7 Å². The number of alkyl halides is 3. The van der Waals surface area contributed by atoms with E-state index < -0.39 is 46.0 Å². The fraction of sp³-hybridized carbons (Fsp3) is 0.111. The van der Waals surface area contributed by atoms with E-state index in [1.165, 1.54) is 0 Å². The molecule has 0 unspecified atom stereocenters. The summed E-state index contributed by atoms with van der Waals surface area (Å²) in [7, 11) is 0. The van der Waals surface area contributed by atoms with Gasteiger partial charge in [0.25, 0.3) is 0 Å². The van der Waals surface area contributed by atoms with Crippen LogP contribution in [0.4, 0.5) is 27.6 Å². The monoisotopic (exact) mass is 303 g/mol. The first kappa shape index (κ1) is 15.2. The summed E-state index contributed by atoms with van der Waals surface area (Å²) in [4.78, 5) is 21.1. The van der Waals surface area contributed by atoms with Gasteiger partial charge in [-0.25, -0.2) is 13.6 Å². The summed E-state index contributed by atoms with van der Waals surface area (Å²) in [5.41, 5.74) is -2.75. The summed E-state index contributed by atoms with van der Waals surface area (Å²) in [5, 5.41) is 8.63. The van der Waals surface area contributed by atoms with Crippen molar-refractivity contribution in [1.82, 2.24) is 0 Å². The number of carboxylic acid groups (broad SMARTS) is 1. The highest BCUT2D eigenvalue weighted by Gasteiger charge is 2.39. The van der Waals surface area contributed by atoms with E-state index in [1.807, 2.05) is 0 Å². The molecular weight excluding hydrogens is 301 g/mol. The first-order chi connectivity index (χ1) is 8.55. The number of benzene rings is 1. The first-order valence-corrected chi connectivity index (χ1v) is 4.72. The third kappa shape index (κ3) is 3.11. The fourth-order valence-corrected chi connectivity index (χ4v) is 1.28. The maximum atomic E-state index is 13.5. The molecule has 0 spiro atoms. The molecule has 0 heterocycles. The minimum Gasteiger partial charge on any atom is -0.477 e. The number of rotatable bonds is 2. The highest BCUT2D eigenvalue weighted by molar-refractivity contribution is 6.31. The second-order valence-corrected chi connectivity index (χ2v) is 3.57. The van der Waals surface area contributed by atoms with Crippen LogP contribution in [-0.2, 0) is 4.79 Å². The van der Waals surface area contributed by atoms with E-state index in [0.717, 1.165) is 5.32 Å². The highest BCUT2D eigenvalue weighted by Crippen LogP contribution is 2.29. The van der Waals surface area contributed by atoms with Gasteiger partial charge in [0, 0.05) is 0 Å². The van der Waals surface area contributed by atoms with Crippen LogP contribution in [0.2, 0.25) is 5.02 Å². The van der Waals surface area contributed by atoms with Gasteiger partial charge in [-0.1, -0.05) is 11.6 Å². The fourth-order valence-electron chi connectivity index (χ4n) is 1.08. The number of nitrogens with one attached hydrogen (secondary N) is 1. The van der Waals surface area contributed by atoms with Crippen LogP contribution in [0.5, 0.6) is 0 Å². The van der Waals surface area contributed by atoms with Crippen LogP contribution in [-0.4, -0.2) is 23.2 Å². The van der Waals surface area contributed by atoms with E-state index in [4.69, 9.17) is 16.7 Å². The Bertz CT molecular complexity index is 558. The van der Waals surface area contributed by atoms with Crippen molar-refractivity contribution in [2.75, 3.05) is 5.32 Å². The number of aromatic carboxylic acids is 1. The van der Waals surface area contributed by atoms with Crippen LogP contribution in [0.1, 0.15) is 10.4 Å². The smallest absolute Gasteiger partial charge is 0.471 e. The van der Waals surface area contributed by atoms with Gasteiger partial charge >= 0.3 is 18.1 Å². The molecule has 104 valence electrons. The van der Waals surface area contributed by atoms with E-state index in [2.05, 4.69) is 0 Å². The second-order valence-electron chi connectivity index (χ2n) is 3.17. The molecule has 0 radical (unpaired) electrons. The number of amides is 1. The van der Waals surface area contributed by atoms with E-state index in [0.29, 0.717) is 6.07 Å². The maximum absolute atomic E-state index is 13.5. The minimum absolute atomic E-state index is 0.336. The van der Waals surface area contributed by atoms with E-state index in [-0.39, 0.29) is 0 Å². The molecule has 19 heavy (non-hydrogen) atoms. The number of hydrogen-bond donors (Lipinski definition) is 2. The predicted molar refractivity (Wildman–Crippen MR) is 53.0 cm³/mol. The molecule has 1 rings (SSSR count). The van der Waals surface area contributed by atoms with Gasteiger partial charge in [-0.2, -0.15) is 13.2 Å². The van der Waals surface area contributed by atoms with Crippen molar-refractivity contribution in [3.8, 4) is 0 Å². The van der Waals surface area contributed by atoms with E-state index in [9.17, 15) is 31.5 Å². The molecule has 10 heteroatoms. The van der Waals surface area contributed by atoms with Crippen molar-refractivity contribution in [2.24, 2.45) is 0 Å². The van der Waals surface area contributed by atoms with Crippen LogP contribution < -0.4 is 5.32 Å². The predicted octanol–water partition coefficient (Wildman–Crippen LogP) is 2.82. The number of carboxylic acids is 1. The molecule has 0 aromatic heterocycles. The summed E-state index contributed by atoms with van der Waals surface area (Å²) in [6.07, 6.45) is -5.32. The summed E-state index contributed by atoms with van der Waals surface area (Å²) >= 11 is 5.20. The van der Waals surface area contributed by atoms with E-state index in [1.54, 1.807) is 0 Å². The van der Waals surface area contributed by atoms with Gasteiger partial charge in [0.15, 0.2) is 11.6 Å². The molecule has 1 amide bonds. The molecule has 0 aliphatic carbocycles. The third-order valence-electron chi connectivity index (χ3n) is 1.88. The molecule has 4 nitrogen and oxygen atoms in total. The Morgan fingerprint density at radius 3 is 2.16 bits per heavy atom. The van der Waals surface area contributed by atoms with Crippen LogP contribution in [0.3, 0.4) is 0 Å². The molecule has 0 aliphatic rings. The first-order valence-electron chi connectivity index (χ1n) is 4.34. The van der Waals surface area contributed by atoms with Crippen molar-refractivity contribution in [2.45, 2.75) is 6.18 Å². The molecule has 0 fully saturated rings. The average molecular weight is 304 g/mol. The van der Waals surface area contributed by atoms with Crippen molar-refractivity contribution in [3.63, 3.8) is 0 Å². The lowest BCUT2D eigenvalue weighted by molar-refractivity contribution is -0.167. The number of carbonyl (C=O) groups excluding carboxylic acids is 1. The number of hydrogen-bond acceptors (Lipinski definition) is 2. The number of anilines is 1. The molecule has 0 aliphatic heterocycles. The van der Waals surface area contributed by atoms with Gasteiger partial charge in [-0.05, 0) is 6.07 Å². The van der Waals surface area contributed by atoms with Crippen LogP contribution in [0.15, 0.2) is 6.07 Å². The maximum Gasteiger partial charge on any atom is 0.471 e. The van der Waals surface area contributed by atoms with Gasteiger partial charge < -0.3 is 10.4 Å². The summed E-state index contributed by atoms with van der Waals surface area (Å²) in [5.74, 6) is -8.16. The minimum atomic E-state index is -5.32. The Labute approximate surface area is 106 Å². The zero-order chi connectivity index (χ0) is 15.0. The quantitative estimate of drug-likeness (QED) is 0.652. The standard InChI is InChI=1S/C9H3ClF5NO3/c10-2-1-3(16-8(19)9(13,14)15)6(12)4(5(2)11)7(17)18/h1H,(H,16,19)(H,17,18).